The van der Waals surface area contributed by atoms with Crippen LogP contribution in [0.2, 0.25) is 5.02 Å². The Kier molecular flexibility index (Phi) is 6.51. The summed E-state index contributed by atoms with van der Waals surface area (Å²) in [6, 6.07) is 12.6. The maximum absolute atomic E-state index is 13.3. The molecule has 1 aliphatic rings. The smallest absolute Gasteiger partial charge is 0.415 e. The quantitative estimate of drug-likeness (QED) is 0.475. The van der Waals surface area contributed by atoms with Crippen molar-refractivity contribution in [3.8, 4) is 11.4 Å². The molecule has 2 aromatic carbocycles. The molecule has 35 heavy (non-hydrogen) atoms. The molecule has 0 bridgehead atoms. The molecule has 0 aliphatic carbocycles. The van der Waals surface area contributed by atoms with E-state index in [2.05, 4.69) is 5.10 Å². The molecule has 2 heterocycles. The number of nitrogens with zero attached hydrogens (tertiary/aromatic N) is 4. The highest BCUT2D eigenvalue weighted by molar-refractivity contribution is 6.31. The molecular weight excluding hydrogens is 468 g/mol. The fraction of sp³-hybridized carbons (Fsp3) is 0.346. The summed E-state index contributed by atoms with van der Waals surface area (Å²) < 4.78 is 13.1. The molecule has 2 amide bonds. The van der Waals surface area contributed by atoms with Gasteiger partial charge in [-0.1, -0.05) is 17.7 Å². The van der Waals surface area contributed by atoms with Crippen molar-refractivity contribution in [3.63, 3.8) is 0 Å². The fourth-order valence-corrected chi connectivity index (χ4v) is 4.00. The summed E-state index contributed by atoms with van der Waals surface area (Å²) in [6.45, 7) is 9.93. The molecule has 0 N–H and O–H groups in total. The van der Waals surface area contributed by atoms with Crippen LogP contribution in [0.5, 0.6) is 5.75 Å². The van der Waals surface area contributed by atoms with Gasteiger partial charge < -0.3 is 14.4 Å². The van der Waals surface area contributed by atoms with Gasteiger partial charge in [0.25, 0.3) is 5.91 Å². The maximum atomic E-state index is 13.3. The van der Waals surface area contributed by atoms with Crippen LogP contribution in [0.1, 0.15) is 42.5 Å². The molecule has 1 aromatic heterocycles. The van der Waals surface area contributed by atoms with Crippen molar-refractivity contribution in [1.82, 2.24) is 9.78 Å². The molecule has 0 spiro atoms. The molecule has 0 fully saturated rings. The number of benzene rings is 2. The van der Waals surface area contributed by atoms with Gasteiger partial charge in [0.05, 0.1) is 34.3 Å². The highest BCUT2D eigenvalue weighted by atomic mass is 35.5. The van der Waals surface area contributed by atoms with Crippen molar-refractivity contribution in [1.29, 1.82) is 0 Å². The third kappa shape index (κ3) is 4.98. The van der Waals surface area contributed by atoms with Gasteiger partial charge in [-0.15, -0.1) is 0 Å². The van der Waals surface area contributed by atoms with Gasteiger partial charge in [0.2, 0.25) is 0 Å². The second-order valence-electron chi connectivity index (χ2n) is 9.44. The van der Waals surface area contributed by atoms with E-state index in [9.17, 15) is 9.59 Å². The predicted octanol–water partition coefficient (Wildman–Crippen LogP) is 5.55. The van der Waals surface area contributed by atoms with E-state index in [1.54, 1.807) is 51.9 Å². The maximum Gasteiger partial charge on any atom is 0.415 e. The van der Waals surface area contributed by atoms with E-state index in [4.69, 9.17) is 21.1 Å². The molecule has 0 unspecified atom stereocenters. The monoisotopic (exact) mass is 496 g/mol. The minimum absolute atomic E-state index is 0.195. The number of anilines is 2. The molecule has 0 radical (unpaired) electrons. The first-order valence-electron chi connectivity index (χ1n) is 11.3. The summed E-state index contributed by atoms with van der Waals surface area (Å²) >= 11 is 6.30. The number of hydrogen-bond acceptors (Lipinski definition) is 5. The molecule has 3 aromatic rings. The largest absolute Gasteiger partial charge is 0.489 e. The lowest BCUT2D eigenvalue weighted by atomic mass is 10.1. The normalized spacial score (nSPS) is 13.2. The predicted molar refractivity (Wildman–Crippen MR) is 136 cm³/mol. The van der Waals surface area contributed by atoms with Crippen molar-refractivity contribution in [2.75, 3.05) is 30.0 Å². The zero-order chi connectivity index (χ0) is 25.5. The first kappa shape index (κ1) is 24.6. The Morgan fingerprint density at radius 2 is 1.89 bits per heavy atom. The van der Waals surface area contributed by atoms with Gasteiger partial charge in [0, 0.05) is 24.4 Å². The molecular formula is C26H29ClN4O4. The highest BCUT2D eigenvalue weighted by Crippen LogP contribution is 2.36. The molecule has 184 valence electrons. The topological polar surface area (TPSA) is 76.9 Å². The van der Waals surface area contributed by atoms with E-state index in [0.717, 1.165) is 17.1 Å². The lowest BCUT2D eigenvalue weighted by Gasteiger charge is -2.32. The highest BCUT2D eigenvalue weighted by Gasteiger charge is 2.29. The van der Waals surface area contributed by atoms with Crippen LogP contribution in [0, 0.1) is 13.8 Å². The van der Waals surface area contributed by atoms with Gasteiger partial charge in [-0.3, -0.25) is 9.69 Å². The van der Waals surface area contributed by atoms with Crippen molar-refractivity contribution >= 4 is 35.0 Å². The summed E-state index contributed by atoms with van der Waals surface area (Å²) in [4.78, 5) is 29.1. The van der Waals surface area contributed by atoms with Gasteiger partial charge in [-0.2, -0.15) is 5.10 Å². The molecule has 0 saturated heterocycles. The molecule has 0 saturated carbocycles. The number of aryl methyl sites for hydroxylation is 1. The van der Waals surface area contributed by atoms with Crippen LogP contribution in [0.25, 0.3) is 5.69 Å². The van der Waals surface area contributed by atoms with Crippen molar-refractivity contribution in [2.45, 2.75) is 40.2 Å². The fourth-order valence-electron chi connectivity index (χ4n) is 3.88. The summed E-state index contributed by atoms with van der Waals surface area (Å²) in [6.07, 6.45) is -0.430. The van der Waals surface area contributed by atoms with Crippen molar-refractivity contribution in [3.05, 3.63) is 64.4 Å². The molecule has 0 atom stereocenters. The minimum Gasteiger partial charge on any atom is -0.489 e. The number of carbonyl (C=O) groups excluding carboxylic acids is 2. The number of halogens is 1. The van der Waals surface area contributed by atoms with E-state index < -0.39 is 11.7 Å². The minimum atomic E-state index is -0.602. The second kappa shape index (κ2) is 9.26. The van der Waals surface area contributed by atoms with Crippen LogP contribution < -0.4 is 14.5 Å². The first-order valence-corrected chi connectivity index (χ1v) is 11.7. The Morgan fingerprint density at radius 3 is 2.54 bits per heavy atom. The Morgan fingerprint density at radius 1 is 1.14 bits per heavy atom. The van der Waals surface area contributed by atoms with E-state index in [1.807, 2.05) is 46.8 Å². The Balaban J connectivity index is 1.59. The van der Waals surface area contributed by atoms with E-state index in [-0.39, 0.29) is 5.91 Å². The van der Waals surface area contributed by atoms with Crippen LogP contribution in [0.15, 0.2) is 42.5 Å². The Hall–Kier alpha value is -3.52. The lowest BCUT2D eigenvalue weighted by molar-refractivity contribution is 0.0567. The summed E-state index contributed by atoms with van der Waals surface area (Å²) in [5.41, 5.74) is 3.44. The van der Waals surface area contributed by atoms with Gasteiger partial charge in [0.15, 0.2) is 0 Å². The number of hydrogen-bond donors (Lipinski definition) is 0. The SMILES string of the molecule is Cc1nn(-c2cccc(C(=O)N(C)c3ccc4c(c3)OCCN4C(=O)OC(C)(C)C)c2)c(C)c1Cl. The van der Waals surface area contributed by atoms with Crippen molar-refractivity contribution < 1.29 is 19.1 Å². The number of fused-ring (bicyclic) bond motifs is 1. The Labute approximate surface area is 210 Å². The van der Waals surface area contributed by atoms with Gasteiger partial charge in [0.1, 0.15) is 18.0 Å². The van der Waals surface area contributed by atoms with Crippen LogP contribution >= 0.6 is 11.6 Å². The number of amides is 2. The van der Waals surface area contributed by atoms with E-state index in [0.29, 0.717) is 40.9 Å². The lowest BCUT2D eigenvalue weighted by Crippen LogP contribution is -2.41. The van der Waals surface area contributed by atoms with Gasteiger partial charge >= 0.3 is 6.09 Å². The first-order chi connectivity index (χ1) is 16.5. The zero-order valence-electron chi connectivity index (χ0n) is 20.8. The van der Waals surface area contributed by atoms with Gasteiger partial charge in [-0.25, -0.2) is 9.48 Å². The average molecular weight is 497 g/mol. The number of aromatic nitrogens is 2. The zero-order valence-corrected chi connectivity index (χ0v) is 21.5. The van der Waals surface area contributed by atoms with Crippen molar-refractivity contribution in [2.24, 2.45) is 0 Å². The number of carbonyl (C=O) groups is 2. The number of ether oxygens (including phenoxy) is 2. The second-order valence-corrected chi connectivity index (χ2v) is 9.82. The molecule has 9 heteroatoms. The van der Waals surface area contributed by atoms with Crippen LogP contribution in [-0.2, 0) is 4.74 Å². The van der Waals surface area contributed by atoms with Crippen LogP contribution in [0.4, 0.5) is 16.2 Å². The van der Waals surface area contributed by atoms with Crippen LogP contribution in [-0.4, -0.2) is 47.6 Å². The van der Waals surface area contributed by atoms with E-state index in [1.165, 1.54) is 0 Å². The Bertz CT molecular complexity index is 1290. The summed E-state index contributed by atoms with van der Waals surface area (Å²) in [7, 11) is 1.70. The standard InChI is InChI=1S/C26H29ClN4O4/c1-16-23(27)17(2)31(28-16)20-9-7-8-18(14-20)24(32)29(6)19-10-11-21-22(15-19)34-13-12-30(21)25(33)35-26(3,4)5/h7-11,14-15H,12-13H2,1-6H3. The third-order valence-electron chi connectivity index (χ3n) is 5.65. The van der Waals surface area contributed by atoms with E-state index >= 15 is 0 Å². The van der Waals surface area contributed by atoms with Gasteiger partial charge in [-0.05, 0) is 65.0 Å². The third-order valence-corrected chi connectivity index (χ3v) is 6.20. The summed E-state index contributed by atoms with van der Waals surface area (Å²) in [5.74, 6) is 0.324. The van der Waals surface area contributed by atoms with Crippen LogP contribution in [0.3, 0.4) is 0 Å². The average Bonchev–Trinajstić information content (AvgIpc) is 3.08. The molecule has 1 aliphatic heterocycles. The number of rotatable bonds is 3. The summed E-state index contributed by atoms with van der Waals surface area (Å²) in [5, 5.41) is 5.08. The molecule has 8 nitrogen and oxygen atoms in total. The molecule has 4 rings (SSSR count).